The molecule has 0 spiro atoms. The van der Waals surface area contributed by atoms with Crippen molar-refractivity contribution in [3.63, 3.8) is 0 Å². The lowest BCUT2D eigenvalue weighted by molar-refractivity contribution is 0.206. The van der Waals surface area contributed by atoms with Crippen LogP contribution in [-0.2, 0) is 0 Å². The maximum atomic E-state index is 6.13. The van der Waals surface area contributed by atoms with E-state index in [2.05, 4.69) is 32.9 Å². The van der Waals surface area contributed by atoms with Crippen LogP contribution < -0.4 is 10.5 Å². The van der Waals surface area contributed by atoms with Crippen molar-refractivity contribution >= 4 is 0 Å². The Morgan fingerprint density at radius 2 is 2.07 bits per heavy atom. The Kier molecular flexibility index (Phi) is 2.23. The Bertz CT molecular complexity index is 360. The molecule has 14 heavy (non-hydrogen) atoms. The van der Waals surface area contributed by atoms with E-state index in [0.717, 1.165) is 17.9 Å². The molecule has 0 saturated heterocycles. The molecule has 1 aromatic rings. The van der Waals surface area contributed by atoms with Gasteiger partial charge in [0, 0.05) is 17.5 Å². The predicted molar refractivity (Wildman–Crippen MR) is 57.5 cm³/mol. The highest BCUT2D eigenvalue weighted by Crippen LogP contribution is 2.37. The lowest BCUT2D eigenvalue weighted by Crippen LogP contribution is -2.29. The smallest absolute Gasteiger partial charge is 0.127 e. The van der Waals surface area contributed by atoms with E-state index in [0.29, 0.717) is 5.92 Å². The fraction of sp³-hybridized carbons (Fsp3) is 0.500. The molecule has 0 aliphatic carbocycles. The molecule has 2 heteroatoms. The van der Waals surface area contributed by atoms with Gasteiger partial charge < -0.3 is 10.5 Å². The summed E-state index contributed by atoms with van der Waals surface area (Å²) in [7, 11) is 0. The Labute approximate surface area is 85.1 Å². The van der Waals surface area contributed by atoms with Crippen LogP contribution in [0.3, 0.4) is 0 Å². The van der Waals surface area contributed by atoms with Gasteiger partial charge >= 0.3 is 0 Å². The normalized spacial score (nSPS) is 25.4. The van der Waals surface area contributed by atoms with Gasteiger partial charge in [0.15, 0.2) is 0 Å². The Morgan fingerprint density at radius 1 is 1.36 bits per heavy atom. The summed E-state index contributed by atoms with van der Waals surface area (Å²) in [5.41, 5.74) is 9.78. The molecule has 2 rings (SSSR count). The molecule has 0 fully saturated rings. The average Bonchev–Trinajstić information content (AvgIpc) is 2.17. The van der Waals surface area contributed by atoms with E-state index in [9.17, 15) is 0 Å². The fourth-order valence-electron chi connectivity index (χ4n) is 1.89. The lowest BCUT2D eigenvalue weighted by atomic mass is 9.90. The van der Waals surface area contributed by atoms with Gasteiger partial charge in [-0.25, -0.2) is 0 Å². The SMILES string of the molecule is Cc1ccc2c(c1C)OCC(C)C2N. The number of hydrogen-bond acceptors (Lipinski definition) is 2. The minimum absolute atomic E-state index is 0.123. The summed E-state index contributed by atoms with van der Waals surface area (Å²) in [6.45, 7) is 7.06. The molecular weight excluding hydrogens is 174 g/mol. The van der Waals surface area contributed by atoms with Crippen LogP contribution in [0, 0.1) is 19.8 Å². The third kappa shape index (κ3) is 1.30. The number of benzene rings is 1. The quantitative estimate of drug-likeness (QED) is 0.683. The second kappa shape index (κ2) is 3.28. The van der Waals surface area contributed by atoms with Gasteiger partial charge in [-0.2, -0.15) is 0 Å². The van der Waals surface area contributed by atoms with Gasteiger partial charge in [0.05, 0.1) is 6.61 Å². The summed E-state index contributed by atoms with van der Waals surface area (Å²) in [4.78, 5) is 0. The highest BCUT2D eigenvalue weighted by atomic mass is 16.5. The van der Waals surface area contributed by atoms with Gasteiger partial charge in [0.25, 0.3) is 0 Å². The maximum absolute atomic E-state index is 6.13. The van der Waals surface area contributed by atoms with Crippen LogP contribution >= 0.6 is 0 Å². The van der Waals surface area contributed by atoms with Crippen molar-refractivity contribution in [1.82, 2.24) is 0 Å². The summed E-state index contributed by atoms with van der Waals surface area (Å²) >= 11 is 0. The Morgan fingerprint density at radius 3 is 2.79 bits per heavy atom. The second-order valence-electron chi connectivity index (χ2n) is 4.24. The number of aryl methyl sites for hydroxylation is 1. The molecule has 0 radical (unpaired) electrons. The average molecular weight is 191 g/mol. The van der Waals surface area contributed by atoms with E-state index >= 15 is 0 Å². The van der Waals surface area contributed by atoms with Gasteiger partial charge in [-0.05, 0) is 25.0 Å². The maximum Gasteiger partial charge on any atom is 0.127 e. The number of nitrogens with two attached hydrogens (primary N) is 1. The van der Waals surface area contributed by atoms with E-state index in [1.807, 2.05) is 0 Å². The highest BCUT2D eigenvalue weighted by molar-refractivity contribution is 5.47. The van der Waals surface area contributed by atoms with Crippen LogP contribution in [0.4, 0.5) is 0 Å². The summed E-state index contributed by atoms with van der Waals surface area (Å²) in [5, 5.41) is 0. The lowest BCUT2D eigenvalue weighted by Gasteiger charge is -2.30. The molecule has 1 heterocycles. The highest BCUT2D eigenvalue weighted by Gasteiger charge is 2.25. The first-order chi connectivity index (χ1) is 6.61. The molecule has 2 unspecified atom stereocenters. The zero-order chi connectivity index (χ0) is 10.3. The first-order valence-electron chi connectivity index (χ1n) is 5.09. The topological polar surface area (TPSA) is 35.2 Å². The number of hydrogen-bond donors (Lipinski definition) is 1. The number of rotatable bonds is 0. The van der Waals surface area contributed by atoms with Gasteiger partial charge in [-0.15, -0.1) is 0 Å². The van der Waals surface area contributed by atoms with Crippen LogP contribution in [0.1, 0.15) is 29.7 Å². The predicted octanol–water partition coefficient (Wildman–Crippen LogP) is 2.33. The molecule has 1 aliphatic rings. The molecule has 2 nitrogen and oxygen atoms in total. The third-order valence-corrected chi connectivity index (χ3v) is 3.17. The van der Waals surface area contributed by atoms with Crippen molar-refractivity contribution < 1.29 is 4.74 Å². The molecule has 0 saturated carbocycles. The largest absolute Gasteiger partial charge is 0.493 e. The van der Waals surface area contributed by atoms with E-state index in [-0.39, 0.29) is 6.04 Å². The zero-order valence-electron chi connectivity index (χ0n) is 9.00. The molecule has 76 valence electrons. The molecule has 2 N–H and O–H groups in total. The summed E-state index contributed by atoms with van der Waals surface area (Å²) in [5.74, 6) is 1.42. The second-order valence-corrected chi connectivity index (χ2v) is 4.24. The van der Waals surface area contributed by atoms with Crippen molar-refractivity contribution in [3.05, 3.63) is 28.8 Å². The van der Waals surface area contributed by atoms with Crippen molar-refractivity contribution in [2.75, 3.05) is 6.61 Å². The van der Waals surface area contributed by atoms with Crippen molar-refractivity contribution in [1.29, 1.82) is 0 Å². The van der Waals surface area contributed by atoms with E-state index in [1.165, 1.54) is 11.1 Å². The van der Waals surface area contributed by atoms with Crippen LogP contribution in [0.15, 0.2) is 12.1 Å². The van der Waals surface area contributed by atoms with Crippen LogP contribution in [0.2, 0.25) is 0 Å². The van der Waals surface area contributed by atoms with Crippen molar-refractivity contribution in [2.24, 2.45) is 11.7 Å². The van der Waals surface area contributed by atoms with Crippen molar-refractivity contribution in [3.8, 4) is 5.75 Å². The summed E-state index contributed by atoms with van der Waals surface area (Å²) in [6.07, 6.45) is 0. The van der Waals surface area contributed by atoms with Gasteiger partial charge in [-0.1, -0.05) is 19.1 Å². The monoisotopic (exact) mass is 191 g/mol. The third-order valence-electron chi connectivity index (χ3n) is 3.17. The summed E-state index contributed by atoms with van der Waals surface area (Å²) in [6, 6.07) is 4.34. The van der Waals surface area contributed by atoms with Crippen LogP contribution in [0.5, 0.6) is 5.75 Å². The summed E-state index contributed by atoms with van der Waals surface area (Å²) < 4.78 is 5.74. The van der Waals surface area contributed by atoms with Gasteiger partial charge in [-0.3, -0.25) is 0 Å². The molecule has 1 aromatic carbocycles. The molecule has 0 amide bonds. The molecule has 2 atom stereocenters. The molecule has 1 aliphatic heterocycles. The van der Waals surface area contributed by atoms with E-state index < -0.39 is 0 Å². The van der Waals surface area contributed by atoms with Crippen molar-refractivity contribution in [2.45, 2.75) is 26.8 Å². The minimum Gasteiger partial charge on any atom is -0.493 e. The number of fused-ring (bicyclic) bond motifs is 1. The molecular formula is C12H17NO. The first kappa shape index (κ1) is 9.53. The number of ether oxygens (including phenoxy) is 1. The zero-order valence-corrected chi connectivity index (χ0v) is 9.00. The standard InChI is InChI=1S/C12H17NO/c1-7-4-5-10-11(13)8(2)6-14-12(10)9(7)3/h4-5,8,11H,6,13H2,1-3H3. The van der Waals surface area contributed by atoms with Crippen LogP contribution in [-0.4, -0.2) is 6.61 Å². The molecule has 0 bridgehead atoms. The van der Waals surface area contributed by atoms with Gasteiger partial charge in [0.2, 0.25) is 0 Å². The fourth-order valence-corrected chi connectivity index (χ4v) is 1.89. The first-order valence-corrected chi connectivity index (χ1v) is 5.09. The van der Waals surface area contributed by atoms with E-state index in [1.54, 1.807) is 0 Å². The molecule has 0 aromatic heterocycles. The van der Waals surface area contributed by atoms with Gasteiger partial charge in [0.1, 0.15) is 5.75 Å². The minimum atomic E-state index is 0.123. The van der Waals surface area contributed by atoms with Crippen LogP contribution in [0.25, 0.3) is 0 Å². The Hall–Kier alpha value is -1.02. The van der Waals surface area contributed by atoms with E-state index in [4.69, 9.17) is 10.5 Å². The Balaban J connectivity index is 2.53.